The van der Waals surface area contributed by atoms with Crippen LogP contribution in [0.1, 0.15) is 62.2 Å². The number of carbonyl (C=O) groups excluding carboxylic acids is 2. The molecule has 4 aromatic rings. The summed E-state index contributed by atoms with van der Waals surface area (Å²) in [5.41, 5.74) is -0.948. The number of ketones is 2. The van der Waals surface area contributed by atoms with Crippen LogP contribution in [0.25, 0.3) is 0 Å². The molecule has 0 spiro atoms. The maximum Gasteiger partial charge on any atom is 0.304 e. The predicted octanol–water partition coefficient (Wildman–Crippen LogP) is -0.614. The van der Waals surface area contributed by atoms with Crippen molar-refractivity contribution in [1.29, 1.82) is 0 Å². The highest BCUT2D eigenvalue weighted by Gasteiger charge is 2.47. The summed E-state index contributed by atoms with van der Waals surface area (Å²) >= 11 is 0. The number of aromatic hydroxyl groups is 6. The Morgan fingerprint density at radius 1 is 0.529 bits per heavy atom. The van der Waals surface area contributed by atoms with Gasteiger partial charge in [-0.1, -0.05) is 24.3 Å². The van der Waals surface area contributed by atoms with Crippen molar-refractivity contribution in [2.75, 3.05) is 19.8 Å². The van der Waals surface area contributed by atoms with Crippen molar-refractivity contribution in [1.82, 2.24) is 4.90 Å². The van der Waals surface area contributed by atoms with E-state index in [2.05, 4.69) is 0 Å². The molecule has 2 heterocycles. The van der Waals surface area contributed by atoms with Crippen LogP contribution in [0.3, 0.4) is 0 Å². The molecule has 10 atom stereocenters. The second-order valence-corrected chi connectivity index (χ2v) is 16.9. The number of benzene rings is 4. The topological polar surface area (TPSA) is 395 Å². The van der Waals surface area contributed by atoms with Crippen molar-refractivity contribution in [3.8, 4) is 46.0 Å². The number of hydrogen-bond acceptors (Lipinski definition) is 22. The lowest BCUT2D eigenvalue weighted by Crippen LogP contribution is -2.60. The third-order valence-electron chi connectivity index (χ3n) is 12.0. The van der Waals surface area contributed by atoms with Crippen molar-refractivity contribution in [3.63, 3.8) is 0 Å². The molecule has 0 bridgehead atoms. The van der Waals surface area contributed by atoms with E-state index in [-0.39, 0.29) is 37.2 Å². The fourth-order valence-corrected chi connectivity index (χ4v) is 7.97. The van der Waals surface area contributed by atoms with Crippen molar-refractivity contribution in [2.45, 2.75) is 107 Å². The zero-order valence-corrected chi connectivity index (χ0v) is 37.1. The van der Waals surface area contributed by atoms with Crippen LogP contribution < -0.4 is 9.47 Å². The molecule has 23 heteroatoms. The van der Waals surface area contributed by atoms with E-state index in [0.717, 1.165) is 12.1 Å². The molecule has 2 saturated heterocycles. The first-order valence-electron chi connectivity index (χ1n) is 21.9. The fraction of sp³-hybridized carbons (Fsp3) is 0.426. The summed E-state index contributed by atoms with van der Waals surface area (Å²) in [6, 6.07) is 13.3. The smallest absolute Gasteiger partial charge is 0.304 e. The minimum absolute atomic E-state index is 0.0314. The van der Waals surface area contributed by atoms with Crippen LogP contribution >= 0.6 is 0 Å². The highest BCUT2D eigenvalue weighted by Crippen LogP contribution is 2.44. The summed E-state index contributed by atoms with van der Waals surface area (Å²) in [5, 5.41) is 158. The van der Waals surface area contributed by atoms with Crippen LogP contribution in [0, 0.1) is 0 Å². The van der Waals surface area contributed by atoms with E-state index < -0.39 is 175 Å². The molecule has 23 nitrogen and oxygen atoms in total. The Kier molecular flexibility index (Phi) is 17.5. The number of carboxylic acids is 1. The lowest BCUT2D eigenvalue weighted by molar-refractivity contribution is -0.277. The first kappa shape index (κ1) is 53.0. The molecule has 70 heavy (non-hydrogen) atoms. The second-order valence-electron chi connectivity index (χ2n) is 16.9. The van der Waals surface area contributed by atoms with E-state index in [1.807, 2.05) is 0 Å². The number of Topliss-reactive ketones (excluding diaryl/α,β-unsaturated/α-hetero) is 2. The maximum absolute atomic E-state index is 14.1. The Morgan fingerprint density at radius 2 is 0.900 bits per heavy atom. The number of aliphatic hydroxyl groups excluding tert-OH is 8. The number of aryl methyl sites for hydroxylation is 2. The summed E-state index contributed by atoms with van der Waals surface area (Å²) in [7, 11) is 0. The number of rotatable bonds is 21. The van der Waals surface area contributed by atoms with Gasteiger partial charge in [0.25, 0.3) is 0 Å². The normalized spacial score (nSPS) is 24.6. The second kappa shape index (κ2) is 23.0. The minimum atomic E-state index is -1.99. The summed E-state index contributed by atoms with van der Waals surface area (Å²) < 4.78 is 22.4. The molecule has 15 N–H and O–H groups in total. The van der Waals surface area contributed by atoms with Crippen molar-refractivity contribution in [2.24, 2.45) is 0 Å². The first-order chi connectivity index (χ1) is 33.2. The average Bonchev–Trinajstić information content (AvgIpc) is 3.32. The summed E-state index contributed by atoms with van der Waals surface area (Å²) in [6.07, 6.45) is -19.4. The maximum atomic E-state index is 14.1. The number of phenols is 6. The van der Waals surface area contributed by atoms with Crippen molar-refractivity contribution >= 4 is 17.5 Å². The number of carbonyl (C=O) groups is 3. The zero-order chi connectivity index (χ0) is 51.1. The van der Waals surface area contributed by atoms with Gasteiger partial charge in [0.2, 0.25) is 12.6 Å². The molecule has 2 aliphatic heterocycles. The number of hydrogen-bond donors (Lipinski definition) is 15. The van der Waals surface area contributed by atoms with Crippen molar-refractivity contribution < 1.29 is 110 Å². The third kappa shape index (κ3) is 12.1. The van der Waals surface area contributed by atoms with Gasteiger partial charge in [-0.15, -0.1) is 0 Å². The van der Waals surface area contributed by atoms with Gasteiger partial charge >= 0.3 is 5.97 Å². The molecule has 0 unspecified atom stereocenters. The van der Waals surface area contributed by atoms with Gasteiger partial charge in [0.05, 0.1) is 30.8 Å². The van der Waals surface area contributed by atoms with E-state index in [9.17, 15) is 91.0 Å². The van der Waals surface area contributed by atoms with E-state index in [1.54, 1.807) is 0 Å². The number of aliphatic carboxylic acids is 1. The lowest BCUT2D eigenvalue weighted by atomic mass is 9.96. The van der Waals surface area contributed by atoms with Gasteiger partial charge in [-0.2, -0.15) is 0 Å². The molecule has 0 radical (unpaired) electrons. The zero-order valence-electron chi connectivity index (χ0n) is 37.1. The Balaban J connectivity index is 1.39. The number of carboxylic acid groups (broad SMARTS) is 1. The summed E-state index contributed by atoms with van der Waals surface area (Å²) in [5.74, 6) is -7.76. The fourth-order valence-electron chi connectivity index (χ4n) is 7.97. The lowest BCUT2D eigenvalue weighted by Gasteiger charge is -2.39. The van der Waals surface area contributed by atoms with E-state index in [4.69, 9.17) is 18.9 Å². The van der Waals surface area contributed by atoms with Crippen LogP contribution in [0.2, 0.25) is 0 Å². The monoisotopic (exact) mass is 985 g/mol. The summed E-state index contributed by atoms with van der Waals surface area (Å²) in [4.78, 5) is 41.3. The number of ether oxygens (including phenoxy) is 4. The molecule has 4 aromatic carbocycles. The SMILES string of the molecule is O=C(O)CCN(Cc1c(O)cc(O[C@H]2O[C@@H](CO)[C@H](O)[C@@H](O)[C@@H]2O)c(C(=O)CCc2ccc(O)cc2)c1O)Cc1c(O)cc(O[C@H]2O[C@H](CO)[C@@H](O)[C@H](O)[C@H]2O)c(C(=O)CCc2ccc(O)cc2)c1O. The first-order valence-corrected chi connectivity index (χ1v) is 21.9. The van der Waals surface area contributed by atoms with Gasteiger partial charge in [0.1, 0.15) is 106 Å². The highest BCUT2D eigenvalue weighted by atomic mass is 16.7. The van der Waals surface area contributed by atoms with E-state index in [0.29, 0.717) is 11.1 Å². The van der Waals surface area contributed by atoms with Gasteiger partial charge in [-0.25, -0.2) is 0 Å². The Bertz CT molecular complexity index is 2300. The van der Waals surface area contributed by atoms with E-state index >= 15 is 0 Å². The van der Waals surface area contributed by atoms with Gasteiger partial charge in [-0.3, -0.25) is 19.3 Å². The minimum Gasteiger partial charge on any atom is -0.508 e. The molecule has 0 saturated carbocycles. The average molecular weight is 986 g/mol. The van der Waals surface area contributed by atoms with Gasteiger partial charge in [-0.05, 0) is 48.2 Å². The molecule has 2 fully saturated rings. The standard InChI is InChI=1S/C47H55NO22/c49-19-33-40(61)42(63)44(65)46(69-33)67-31-15-29(55)25(38(59)36(31)27(53)11-5-21-1-7-23(51)8-2-21)17-48(14-13-35(57)58)18-26-30(56)16-32(68-47-45(66)43(64)41(62)34(20-50)70-47)37(39(26)60)28(54)12-6-22-3-9-24(52)10-4-22/h1-4,7-10,15-16,33-34,40-47,49-52,55-56,59-66H,5-6,11-14,17-20H2,(H,57,58)/t33-,34+,40-,41+,42+,43-,44-,45+,46-,47-/m0/s1. The highest BCUT2D eigenvalue weighted by molar-refractivity contribution is 6.03. The Labute approximate surface area is 398 Å². The van der Waals surface area contributed by atoms with Crippen molar-refractivity contribution in [3.05, 3.63) is 94.0 Å². The van der Waals surface area contributed by atoms with Crippen LogP contribution in [-0.2, 0) is 40.2 Å². The largest absolute Gasteiger partial charge is 0.508 e. The molecular formula is C47H55NO22. The quantitative estimate of drug-likeness (QED) is 0.0463. The van der Waals surface area contributed by atoms with Crippen LogP contribution in [0.4, 0.5) is 0 Å². The molecule has 380 valence electrons. The number of phenolic OH excluding ortho intramolecular Hbond substituents is 6. The third-order valence-corrected chi connectivity index (χ3v) is 12.0. The van der Waals surface area contributed by atoms with Gasteiger partial charge < -0.3 is 95.5 Å². The summed E-state index contributed by atoms with van der Waals surface area (Å²) in [6.45, 7) is -3.46. The number of nitrogens with zero attached hydrogens (tertiary/aromatic N) is 1. The van der Waals surface area contributed by atoms with Crippen LogP contribution in [0.5, 0.6) is 46.0 Å². The van der Waals surface area contributed by atoms with Gasteiger partial charge in [0.15, 0.2) is 11.6 Å². The van der Waals surface area contributed by atoms with E-state index in [1.165, 1.54) is 53.4 Å². The molecular weight excluding hydrogens is 931 g/mol. The molecule has 2 aliphatic rings. The predicted molar refractivity (Wildman–Crippen MR) is 236 cm³/mol. The van der Waals surface area contributed by atoms with Crippen LogP contribution in [0.15, 0.2) is 60.7 Å². The Morgan fingerprint density at radius 3 is 1.24 bits per heavy atom. The molecule has 0 amide bonds. The molecule has 6 rings (SSSR count). The Hall–Kier alpha value is -6.35. The molecule has 0 aromatic heterocycles. The molecule has 0 aliphatic carbocycles. The van der Waals surface area contributed by atoms with Gasteiger partial charge in [0, 0.05) is 44.6 Å². The number of aliphatic hydroxyl groups is 8. The van der Waals surface area contributed by atoms with Crippen LogP contribution in [-0.4, -0.2) is 180 Å².